The summed E-state index contributed by atoms with van der Waals surface area (Å²) in [6.07, 6.45) is 25.0. The molecule has 148 valence electrons. The second-order valence-corrected chi connectivity index (χ2v) is 10.4. The maximum atomic E-state index is 9.85. The standard InChI is InChI=1S/C25H43N/c1-3-5-7-11-23-15-18-25(19-16-23,20-17-23)22-9-13-24(21-26,14-10-22)12-8-6-4-2/h22H,3-20H2,1-2H3/t22-,23?,24-,25?. The third-order valence-electron chi connectivity index (χ3n) is 9.08. The van der Waals surface area contributed by atoms with Gasteiger partial charge in [-0.2, -0.15) is 5.26 Å². The van der Waals surface area contributed by atoms with E-state index >= 15 is 0 Å². The molecule has 4 aliphatic carbocycles. The predicted octanol–water partition coefficient (Wildman–Crippen LogP) is 8.19. The summed E-state index contributed by atoms with van der Waals surface area (Å²) in [5.74, 6) is 0.934. The summed E-state index contributed by atoms with van der Waals surface area (Å²) in [6.45, 7) is 4.60. The fourth-order valence-electron chi connectivity index (χ4n) is 6.94. The van der Waals surface area contributed by atoms with Gasteiger partial charge in [0, 0.05) is 0 Å². The van der Waals surface area contributed by atoms with Gasteiger partial charge in [0.2, 0.25) is 0 Å². The Morgan fingerprint density at radius 2 is 1.27 bits per heavy atom. The van der Waals surface area contributed by atoms with Crippen LogP contribution in [0.1, 0.15) is 129 Å². The zero-order chi connectivity index (χ0) is 18.5. The van der Waals surface area contributed by atoms with Gasteiger partial charge in [-0.25, -0.2) is 0 Å². The van der Waals surface area contributed by atoms with Gasteiger partial charge in [0.15, 0.2) is 0 Å². The molecule has 4 rings (SSSR count). The minimum atomic E-state index is 0.0373. The van der Waals surface area contributed by atoms with E-state index in [1.165, 1.54) is 109 Å². The molecule has 4 saturated carbocycles. The highest BCUT2D eigenvalue weighted by Gasteiger charge is 2.52. The van der Waals surface area contributed by atoms with Crippen LogP contribution in [0.4, 0.5) is 0 Å². The van der Waals surface area contributed by atoms with Gasteiger partial charge in [-0.15, -0.1) is 0 Å². The van der Waals surface area contributed by atoms with Crippen molar-refractivity contribution < 1.29 is 0 Å². The molecule has 1 heteroatoms. The SMILES string of the molecule is CCCCCC12CCC([C@H]3CC[C@@](C#N)(CCCCC)CC3)(CC1)CC2. The molecule has 1 nitrogen and oxygen atoms in total. The Kier molecular flexibility index (Phi) is 6.74. The molecule has 0 aromatic heterocycles. The molecule has 0 aliphatic heterocycles. The zero-order valence-corrected chi connectivity index (χ0v) is 17.8. The molecule has 0 N–H and O–H groups in total. The van der Waals surface area contributed by atoms with Crippen LogP contribution in [0.2, 0.25) is 0 Å². The fourth-order valence-corrected chi connectivity index (χ4v) is 6.94. The van der Waals surface area contributed by atoms with Crippen LogP contribution in [0.25, 0.3) is 0 Å². The molecule has 0 radical (unpaired) electrons. The zero-order valence-electron chi connectivity index (χ0n) is 17.8. The normalized spacial score (nSPS) is 39.7. The first-order chi connectivity index (χ1) is 12.6. The molecule has 0 spiro atoms. The van der Waals surface area contributed by atoms with E-state index in [9.17, 15) is 5.26 Å². The molecule has 0 unspecified atom stereocenters. The smallest absolute Gasteiger partial charge is 0.0689 e. The minimum Gasteiger partial charge on any atom is -0.198 e. The number of unbranched alkanes of at least 4 members (excludes halogenated alkanes) is 4. The summed E-state index contributed by atoms with van der Waals surface area (Å²) in [4.78, 5) is 0. The predicted molar refractivity (Wildman–Crippen MR) is 111 cm³/mol. The first-order valence-electron chi connectivity index (χ1n) is 12.0. The van der Waals surface area contributed by atoms with Crippen molar-refractivity contribution in [1.29, 1.82) is 5.26 Å². The van der Waals surface area contributed by atoms with Gasteiger partial charge in [0.1, 0.15) is 0 Å². The number of nitriles is 1. The van der Waals surface area contributed by atoms with Crippen LogP contribution in [0.15, 0.2) is 0 Å². The third-order valence-corrected chi connectivity index (χ3v) is 9.08. The van der Waals surface area contributed by atoms with E-state index in [4.69, 9.17) is 0 Å². The molecule has 0 aromatic rings. The monoisotopic (exact) mass is 357 g/mol. The van der Waals surface area contributed by atoms with Crippen LogP contribution < -0.4 is 0 Å². The first-order valence-corrected chi connectivity index (χ1v) is 12.0. The van der Waals surface area contributed by atoms with Gasteiger partial charge in [0.05, 0.1) is 11.5 Å². The second-order valence-electron chi connectivity index (χ2n) is 10.4. The van der Waals surface area contributed by atoms with Crippen LogP contribution in [-0.4, -0.2) is 0 Å². The largest absolute Gasteiger partial charge is 0.198 e. The molecule has 4 aliphatic rings. The average molecular weight is 358 g/mol. The Bertz CT molecular complexity index is 452. The van der Waals surface area contributed by atoms with Crippen molar-refractivity contribution in [2.45, 2.75) is 129 Å². The quantitative estimate of drug-likeness (QED) is 0.381. The Morgan fingerprint density at radius 3 is 1.77 bits per heavy atom. The summed E-state index contributed by atoms with van der Waals surface area (Å²) in [5.41, 5.74) is 1.45. The molecule has 2 bridgehead atoms. The van der Waals surface area contributed by atoms with E-state index in [0.717, 1.165) is 17.8 Å². The maximum absolute atomic E-state index is 9.85. The van der Waals surface area contributed by atoms with Crippen LogP contribution in [0, 0.1) is 33.5 Å². The number of rotatable bonds is 9. The van der Waals surface area contributed by atoms with E-state index in [2.05, 4.69) is 19.9 Å². The highest BCUT2D eigenvalue weighted by molar-refractivity contribution is 5.07. The Hall–Kier alpha value is -0.510. The molecule has 0 saturated heterocycles. The van der Waals surface area contributed by atoms with Crippen LogP contribution in [0.5, 0.6) is 0 Å². The molecule has 26 heavy (non-hydrogen) atoms. The fraction of sp³-hybridized carbons (Fsp3) is 0.960. The molecule has 0 amide bonds. The minimum absolute atomic E-state index is 0.0373. The molecular formula is C25H43N. The molecule has 0 aromatic carbocycles. The van der Waals surface area contributed by atoms with Crippen LogP contribution in [0.3, 0.4) is 0 Å². The van der Waals surface area contributed by atoms with E-state index in [1.807, 2.05) is 0 Å². The lowest BCUT2D eigenvalue weighted by Gasteiger charge is -2.58. The lowest BCUT2D eigenvalue weighted by Crippen LogP contribution is -2.47. The van der Waals surface area contributed by atoms with E-state index < -0.39 is 0 Å². The Balaban J connectivity index is 1.52. The van der Waals surface area contributed by atoms with E-state index in [0.29, 0.717) is 5.41 Å². The van der Waals surface area contributed by atoms with Crippen LogP contribution >= 0.6 is 0 Å². The van der Waals surface area contributed by atoms with E-state index in [-0.39, 0.29) is 5.41 Å². The Morgan fingerprint density at radius 1 is 0.731 bits per heavy atom. The molecule has 0 atom stereocenters. The van der Waals surface area contributed by atoms with Gasteiger partial charge in [-0.1, -0.05) is 52.4 Å². The summed E-state index contributed by atoms with van der Waals surface area (Å²) >= 11 is 0. The van der Waals surface area contributed by atoms with Gasteiger partial charge < -0.3 is 0 Å². The summed E-state index contributed by atoms with van der Waals surface area (Å²) in [5, 5.41) is 9.85. The molecule has 0 heterocycles. The number of nitrogens with zero attached hydrogens (tertiary/aromatic N) is 1. The maximum Gasteiger partial charge on any atom is 0.0689 e. The van der Waals surface area contributed by atoms with E-state index in [1.54, 1.807) is 0 Å². The second kappa shape index (κ2) is 8.67. The summed E-state index contributed by atoms with van der Waals surface area (Å²) in [6, 6.07) is 2.77. The van der Waals surface area contributed by atoms with Crippen molar-refractivity contribution in [3.05, 3.63) is 0 Å². The first kappa shape index (κ1) is 20.2. The highest BCUT2D eigenvalue weighted by atomic mass is 14.6. The Labute approximate surface area is 163 Å². The van der Waals surface area contributed by atoms with Gasteiger partial charge in [0.25, 0.3) is 0 Å². The van der Waals surface area contributed by atoms with Crippen molar-refractivity contribution in [3.63, 3.8) is 0 Å². The van der Waals surface area contributed by atoms with Gasteiger partial charge >= 0.3 is 0 Å². The van der Waals surface area contributed by atoms with Crippen molar-refractivity contribution in [3.8, 4) is 6.07 Å². The lowest BCUT2D eigenvalue weighted by atomic mass is 9.47. The summed E-state index contributed by atoms with van der Waals surface area (Å²) < 4.78 is 0. The van der Waals surface area contributed by atoms with Crippen molar-refractivity contribution in [2.24, 2.45) is 22.2 Å². The lowest BCUT2D eigenvalue weighted by molar-refractivity contribution is -0.0690. The van der Waals surface area contributed by atoms with Crippen molar-refractivity contribution >= 4 is 0 Å². The third kappa shape index (κ3) is 4.15. The number of fused-ring (bicyclic) bond motifs is 3. The molecule has 4 fully saturated rings. The van der Waals surface area contributed by atoms with Crippen LogP contribution in [-0.2, 0) is 0 Å². The van der Waals surface area contributed by atoms with Gasteiger partial charge in [-0.3, -0.25) is 0 Å². The molecular weight excluding hydrogens is 314 g/mol. The van der Waals surface area contributed by atoms with Crippen molar-refractivity contribution in [1.82, 2.24) is 0 Å². The topological polar surface area (TPSA) is 23.8 Å². The average Bonchev–Trinajstić information content (AvgIpc) is 2.70. The highest BCUT2D eigenvalue weighted by Crippen LogP contribution is 2.64. The number of hydrogen-bond donors (Lipinski definition) is 0. The summed E-state index contributed by atoms with van der Waals surface area (Å²) in [7, 11) is 0. The van der Waals surface area contributed by atoms with Crippen molar-refractivity contribution in [2.75, 3.05) is 0 Å². The number of hydrogen-bond acceptors (Lipinski definition) is 1. The van der Waals surface area contributed by atoms with Gasteiger partial charge in [-0.05, 0) is 93.8 Å².